The van der Waals surface area contributed by atoms with Crippen LogP contribution in [0.3, 0.4) is 0 Å². The van der Waals surface area contributed by atoms with Crippen LogP contribution in [0.15, 0.2) is 53.4 Å². The van der Waals surface area contributed by atoms with Crippen LogP contribution in [0.2, 0.25) is 0 Å². The Labute approximate surface area is 173 Å². The molecule has 1 aliphatic heterocycles. The molecule has 0 radical (unpaired) electrons. The lowest BCUT2D eigenvalue weighted by Gasteiger charge is -2.28. The third-order valence-corrected chi connectivity index (χ3v) is 5.90. The Kier molecular flexibility index (Phi) is 7.04. The Morgan fingerprint density at radius 1 is 1.03 bits per heavy atom. The van der Waals surface area contributed by atoms with Gasteiger partial charge in [-0.3, -0.25) is 9.00 Å². The van der Waals surface area contributed by atoms with Crippen LogP contribution in [0, 0.1) is 0 Å². The molecule has 1 saturated heterocycles. The minimum Gasteiger partial charge on any atom is -0.449 e. The second-order valence-corrected chi connectivity index (χ2v) is 8.43. The third-order valence-electron chi connectivity index (χ3n) is 4.93. The smallest absolute Gasteiger partial charge is 0.340 e. The second-order valence-electron chi connectivity index (χ2n) is 7.08. The van der Waals surface area contributed by atoms with Crippen molar-refractivity contribution in [2.24, 2.45) is 0 Å². The van der Waals surface area contributed by atoms with Gasteiger partial charge < -0.3 is 15.0 Å². The predicted molar refractivity (Wildman–Crippen MR) is 115 cm³/mol. The molecule has 1 amide bonds. The molecule has 3 rings (SSSR count). The number of amides is 1. The zero-order valence-electron chi connectivity index (χ0n) is 16.7. The fourth-order valence-corrected chi connectivity index (χ4v) is 4.05. The fraction of sp³-hybridized carbons (Fsp3) is 0.364. The molecule has 0 unspecified atom stereocenters. The van der Waals surface area contributed by atoms with E-state index >= 15 is 0 Å². The first-order chi connectivity index (χ1) is 14.0. The van der Waals surface area contributed by atoms with E-state index in [1.807, 2.05) is 24.3 Å². The summed E-state index contributed by atoms with van der Waals surface area (Å²) in [4.78, 5) is 27.6. The van der Waals surface area contributed by atoms with Gasteiger partial charge in [0.05, 0.1) is 21.3 Å². The van der Waals surface area contributed by atoms with Gasteiger partial charge in [-0.15, -0.1) is 0 Å². The van der Waals surface area contributed by atoms with Crippen LogP contribution in [-0.4, -0.2) is 41.5 Å². The average molecular weight is 415 g/mol. The van der Waals surface area contributed by atoms with Crippen LogP contribution in [0.25, 0.3) is 0 Å². The Hall–Kier alpha value is -2.67. The number of anilines is 2. The van der Waals surface area contributed by atoms with Crippen molar-refractivity contribution in [3.63, 3.8) is 0 Å². The van der Waals surface area contributed by atoms with Crippen molar-refractivity contribution in [2.45, 2.75) is 37.2 Å². The van der Waals surface area contributed by atoms with Crippen LogP contribution >= 0.6 is 0 Å². The van der Waals surface area contributed by atoms with E-state index in [-0.39, 0.29) is 5.56 Å². The van der Waals surface area contributed by atoms with E-state index in [1.54, 1.807) is 24.3 Å². The molecule has 0 saturated carbocycles. The van der Waals surface area contributed by atoms with E-state index in [0.717, 1.165) is 18.8 Å². The molecule has 0 aromatic heterocycles. The summed E-state index contributed by atoms with van der Waals surface area (Å²) >= 11 is 0. The van der Waals surface area contributed by atoms with Gasteiger partial charge in [-0.1, -0.05) is 12.1 Å². The van der Waals surface area contributed by atoms with E-state index in [1.165, 1.54) is 32.4 Å². The number of ether oxygens (including phenoxy) is 1. The second kappa shape index (κ2) is 9.69. The number of hydrogen-bond donors (Lipinski definition) is 1. The molecule has 0 spiro atoms. The molecule has 1 fully saturated rings. The van der Waals surface area contributed by atoms with Gasteiger partial charge in [0.25, 0.3) is 5.91 Å². The molecule has 7 heteroatoms. The van der Waals surface area contributed by atoms with Gasteiger partial charge in [0, 0.05) is 30.7 Å². The molecule has 1 N–H and O–H groups in total. The molecule has 2 atom stereocenters. The summed E-state index contributed by atoms with van der Waals surface area (Å²) < 4.78 is 17.1. The largest absolute Gasteiger partial charge is 0.449 e. The van der Waals surface area contributed by atoms with Crippen molar-refractivity contribution in [3.05, 3.63) is 54.1 Å². The molecule has 6 nitrogen and oxygen atoms in total. The Morgan fingerprint density at radius 3 is 2.34 bits per heavy atom. The molecule has 1 aliphatic rings. The third kappa shape index (κ3) is 5.44. The lowest BCUT2D eigenvalue weighted by molar-refractivity contribution is -0.123. The molecule has 0 aliphatic carbocycles. The summed E-state index contributed by atoms with van der Waals surface area (Å²) in [6, 6.07) is 14.2. The van der Waals surface area contributed by atoms with E-state index in [2.05, 4.69) is 10.2 Å². The quantitative estimate of drug-likeness (QED) is 0.731. The number of carbonyl (C=O) groups is 2. The van der Waals surface area contributed by atoms with Crippen LogP contribution < -0.4 is 10.2 Å². The van der Waals surface area contributed by atoms with Crippen LogP contribution in [0.4, 0.5) is 11.4 Å². The zero-order chi connectivity index (χ0) is 20.8. The maximum atomic E-state index is 12.4. The highest BCUT2D eigenvalue weighted by Crippen LogP contribution is 2.22. The summed E-state index contributed by atoms with van der Waals surface area (Å²) in [5.74, 6) is -1.09. The van der Waals surface area contributed by atoms with Crippen molar-refractivity contribution in [1.29, 1.82) is 0 Å². The monoisotopic (exact) mass is 414 g/mol. The highest BCUT2D eigenvalue weighted by Gasteiger charge is 2.22. The normalized spacial score (nSPS) is 16.0. The van der Waals surface area contributed by atoms with Crippen molar-refractivity contribution < 1.29 is 18.5 Å². The highest BCUT2D eigenvalue weighted by molar-refractivity contribution is 7.84. The molecule has 1 heterocycles. The van der Waals surface area contributed by atoms with E-state index in [4.69, 9.17) is 4.74 Å². The number of nitrogens with zero attached hydrogens (tertiary/aromatic N) is 1. The number of esters is 1. The van der Waals surface area contributed by atoms with Crippen molar-refractivity contribution in [3.8, 4) is 0 Å². The van der Waals surface area contributed by atoms with E-state index in [0.29, 0.717) is 10.6 Å². The summed E-state index contributed by atoms with van der Waals surface area (Å²) in [6.07, 6.45) is 4.20. The summed E-state index contributed by atoms with van der Waals surface area (Å²) in [7, 11) is -1.33. The standard InChI is InChI=1S/C22H26N2O4S/c1-16(28-22(26)19-8-4-5-9-20(19)29(2)27)21(25)23-17-10-12-18(13-11-17)24-14-6-3-7-15-24/h4-5,8-13,16H,3,6-7,14-15H2,1-2H3,(H,23,25)/t16-,29-/m1/s1. The summed E-state index contributed by atoms with van der Waals surface area (Å²) in [5, 5.41) is 2.77. The van der Waals surface area contributed by atoms with Gasteiger partial charge in [-0.05, 0) is 62.6 Å². The van der Waals surface area contributed by atoms with Gasteiger partial charge in [-0.25, -0.2) is 4.79 Å². The minimum atomic E-state index is -1.33. The van der Waals surface area contributed by atoms with Gasteiger partial charge in [0.2, 0.25) is 0 Å². The average Bonchev–Trinajstić information content (AvgIpc) is 2.74. The number of rotatable bonds is 6. The predicted octanol–water partition coefficient (Wildman–Crippen LogP) is 3.60. The maximum absolute atomic E-state index is 12.4. The lowest BCUT2D eigenvalue weighted by atomic mass is 10.1. The van der Waals surface area contributed by atoms with Gasteiger partial charge in [-0.2, -0.15) is 0 Å². The van der Waals surface area contributed by atoms with Gasteiger partial charge >= 0.3 is 5.97 Å². The molecule has 29 heavy (non-hydrogen) atoms. The van der Waals surface area contributed by atoms with E-state index in [9.17, 15) is 13.8 Å². The molecular formula is C22H26N2O4S. The number of nitrogens with one attached hydrogen (secondary N) is 1. The fourth-order valence-electron chi connectivity index (χ4n) is 3.32. The molecule has 154 valence electrons. The SMILES string of the molecule is C[C@@H](OC(=O)c1ccccc1[S@@](C)=O)C(=O)Nc1ccc(N2CCCCC2)cc1. The molecule has 2 aromatic rings. The topological polar surface area (TPSA) is 75.7 Å². The molecule has 0 bridgehead atoms. The number of piperidine rings is 1. The zero-order valence-corrected chi connectivity index (χ0v) is 17.5. The van der Waals surface area contributed by atoms with E-state index < -0.39 is 28.8 Å². The van der Waals surface area contributed by atoms with Crippen LogP contribution in [0.5, 0.6) is 0 Å². The van der Waals surface area contributed by atoms with Crippen molar-refractivity contribution in [1.82, 2.24) is 0 Å². The molecule has 2 aromatic carbocycles. The highest BCUT2D eigenvalue weighted by atomic mass is 32.2. The summed E-state index contributed by atoms with van der Waals surface area (Å²) in [6.45, 7) is 3.63. The van der Waals surface area contributed by atoms with Crippen LogP contribution in [0.1, 0.15) is 36.5 Å². The molecular weight excluding hydrogens is 388 g/mol. The Balaban J connectivity index is 1.59. The van der Waals surface area contributed by atoms with Gasteiger partial charge in [0.15, 0.2) is 6.10 Å². The number of hydrogen-bond acceptors (Lipinski definition) is 5. The Morgan fingerprint density at radius 2 is 1.69 bits per heavy atom. The first-order valence-electron chi connectivity index (χ1n) is 9.75. The van der Waals surface area contributed by atoms with Crippen molar-refractivity contribution >= 4 is 34.1 Å². The number of benzene rings is 2. The van der Waals surface area contributed by atoms with Gasteiger partial charge in [0.1, 0.15) is 0 Å². The summed E-state index contributed by atoms with van der Waals surface area (Å²) in [5.41, 5.74) is 2.00. The van der Waals surface area contributed by atoms with Crippen molar-refractivity contribution in [2.75, 3.05) is 29.6 Å². The minimum absolute atomic E-state index is 0.207. The lowest BCUT2D eigenvalue weighted by Crippen LogP contribution is -2.30. The van der Waals surface area contributed by atoms with Crippen LogP contribution in [-0.2, 0) is 20.3 Å². The Bertz CT molecular complexity index is 892. The maximum Gasteiger partial charge on any atom is 0.340 e. The number of carbonyl (C=O) groups excluding carboxylic acids is 2. The first-order valence-corrected chi connectivity index (χ1v) is 11.3. The first kappa shape index (κ1) is 21.0.